The van der Waals surface area contributed by atoms with Crippen molar-refractivity contribution >= 4 is 3.21 Å². The number of allylic oxidation sites excluding steroid dienone is 8. The first-order chi connectivity index (χ1) is 6.79. The van der Waals surface area contributed by atoms with Crippen molar-refractivity contribution < 1.29 is 24.1 Å². The molecule has 0 atom stereocenters. The van der Waals surface area contributed by atoms with E-state index in [1.165, 1.54) is 12.8 Å². The molecule has 0 unspecified atom stereocenters. The van der Waals surface area contributed by atoms with Gasteiger partial charge in [0.05, 0.1) is 0 Å². The summed E-state index contributed by atoms with van der Waals surface area (Å²) in [7, 11) is 0. The molecule has 14 heavy (non-hydrogen) atoms. The third kappa shape index (κ3) is 2.03. The van der Waals surface area contributed by atoms with Crippen LogP contribution < -0.4 is 0 Å². The zero-order valence-corrected chi connectivity index (χ0v) is 11.3. The van der Waals surface area contributed by atoms with Gasteiger partial charge >= 0.3 is 94.2 Å². The molecule has 2 aliphatic rings. The van der Waals surface area contributed by atoms with E-state index < -0.39 is 21.3 Å². The molecule has 2 aliphatic carbocycles. The summed E-state index contributed by atoms with van der Waals surface area (Å²) in [6.07, 6.45) is 16.2. The van der Waals surface area contributed by atoms with Crippen LogP contribution in [0, 0.1) is 0 Å². The first kappa shape index (κ1) is 10.2. The van der Waals surface area contributed by atoms with Gasteiger partial charge in [-0.05, 0) is 0 Å². The van der Waals surface area contributed by atoms with E-state index in [0.29, 0.717) is 0 Å². The summed E-state index contributed by atoms with van der Waals surface area (Å²) in [5.74, 6) is 0. The summed E-state index contributed by atoms with van der Waals surface area (Å²) in [5, 5.41) is 0. The summed E-state index contributed by atoms with van der Waals surface area (Å²) in [6, 6.07) is 0. The predicted molar refractivity (Wildman–Crippen MR) is 62.3 cm³/mol. The third-order valence-corrected chi connectivity index (χ3v) is 10.1. The molecule has 0 heterocycles. The molecule has 0 N–H and O–H groups in total. The van der Waals surface area contributed by atoms with Gasteiger partial charge in [-0.25, -0.2) is 0 Å². The van der Waals surface area contributed by atoms with E-state index >= 15 is 0 Å². The Morgan fingerprint density at radius 3 is 1.86 bits per heavy atom. The van der Waals surface area contributed by atoms with Gasteiger partial charge in [0.2, 0.25) is 0 Å². The average molecular weight is 266 g/mol. The van der Waals surface area contributed by atoms with Crippen LogP contribution in [0.1, 0.15) is 29.5 Å². The van der Waals surface area contributed by atoms with E-state index in [9.17, 15) is 0 Å². The van der Waals surface area contributed by atoms with E-state index in [-0.39, 0.29) is 2.85 Å². The van der Waals surface area contributed by atoms with Crippen LogP contribution in [0.25, 0.3) is 0 Å². The molecule has 0 bridgehead atoms. The largest absolute Gasteiger partial charge is 1.00 e. The molecule has 0 saturated heterocycles. The average Bonchev–Trinajstić information content (AvgIpc) is 2.75. The number of hydrogen-bond donors (Lipinski definition) is 0. The molecular formula is C13H18Zr-2. The Labute approximate surface area is 96.8 Å². The van der Waals surface area contributed by atoms with Crippen molar-refractivity contribution in [2.75, 3.05) is 0 Å². The molecule has 0 amide bonds. The Morgan fingerprint density at radius 1 is 1.07 bits per heavy atom. The Hall–Kier alpha value is -0.287. The number of rotatable bonds is 2. The van der Waals surface area contributed by atoms with Crippen LogP contribution in [0.3, 0.4) is 0 Å². The van der Waals surface area contributed by atoms with Crippen molar-refractivity contribution in [2.45, 2.75) is 26.7 Å². The molecule has 0 radical (unpaired) electrons. The Bertz CT molecular complexity index is 362. The maximum Gasteiger partial charge on any atom is -1.00 e. The maximum atomic E-state index is 2.36. The summed E-state index contributed by atoms with van der Waals surface area (Å²) < 4.78 is 5.21. The van der Waals surface area contributed by atoms with E-state index in [2.05, 4.69) is 50.3 Å². The van der Waals surface area contributed by atoms with Crippen molar-refractivity contribution in [1.29, 1.82) is 0 Å². The minimum Gasteiger partial charge on any atom is -1.00 e. The molecular weight excluding hydrogens is 247 g/mol. The van der Waals surface area contributed by atoms with Crippen LogP contribution >= 0.6 is 0 Å². The van der Waals surface area contributed by atoms with Crippen LogP contribution in [0.15, 0.2) is 43.0 Å². The van der Waals surface area contributed by atoms with E-state index in [0.717, 1.165) is 0 Å². The van der Waals surface area contributed by atoms with Gasteiger partial charge in [-0.15, -0.1) is 0 Å². The molecule has 0 aliphatic heterocycles. The first-order valence-electron chi connectivity index (χ1n) is 5.18. The molecule has 76 valence electrons. The van der Waals surface area contributed by atoms with E-state index in [1.54, 1.807) is 9.77 Å². The summed E-state index contributed by atoms with van der Waals surface area (Å²) in [4.78, 5) is 0. The second-order valence-corrected chi connectivity index (χ2v) is 11.5. The van der Waals surface area contributed by atoms with Crippen LogP contribution in [0.5, 0.6) is 0 Å². The van der Waals surface area contributed by atoms with Crippen LogP contribution in [0.4, 0.5) is 0 Å². The molecule has 0 aromatic carbocycles. The summed E-state index contributed by atoms with van der Waals surface area (Å²) >= 11 is -1.51. The second-order valence-electron chi connectivity index (χ2n) is 4.02. The second kappa shape index (κ2) is 4.49. The molecule has 0 nitrogen and oxygen atoms in total. The van der Waals surface area contributed by atoms with Gasteiger partial charge < -0.3 is 2.85 Å². The maximum absolute atomic E-state index is 2.36. The van der Waals surface area contributed by atoms with Gasteiger partial charge in [-0.3, -0.25) is 0 Å². The van der Waals surface area contributed by atoms with Gasteiger partial charge in [0.15, 0.2) is 0 Å². The predicted octanol–water partition coefficient (Wildman–Crippen LogP) is 3.73. The van der Waals surface area contributed by atoms with Crippen LogP contribution in [0.2, 0.25) is 0 Å². The quantitative estimate of drug-likeness (QED) is 0.714. The fraction of sp³-hybridized carbons (Fsp3) is 0.308. The van der Waals surface area contributed by atoms with Gasteiger partial charge in [0, 0.05) is 0 Å². The Morgan fingerprint density at radius 2 is 1.57 bits per heavy atom. The Balaban J connectivity index is 0.00000112. The van der Waals surface area contributed by atoms with Gasteiger partial charge in [-0.1, -0.05) is 0 Å². The van der Waals surface area contributed by atoms with Crippen molar-refractivity contribution in [3.8, 4) is 0 Å². The van der Waals surface area contributed by atoms with Crippen molar-refractivity contribution in [1.82, 2.24) is 0 Å². The Kier molecular flexibility index (Phi) is 3.28. The minimum atomic E-state index is -1.51. The minimum absolute atomic E-state index is 0. The van der Waals surface area contributed by atoms with Gasteiger partial charge in [-0.2, -0.15) is 0 Å². The van der Waals surface area contributed by atoms with E-state index in [1.807, 2.05) is 0 Å². The van der Waals surface area contributed by atoms with Crippen molar-refractivity contribution in [2.24, 2.45) is 0 Å². The molecule has 2 rings (SSSR count). The molecule has 0 aromatic heterocycles. The number of hydrogen-bond acceptors (Lipinski definition) is 0. The van der Waals surface area contributed by atoms with Gasteiger partial charge in [0.25, 0.3) is 0 Å². The molecule has 0 saturated carbocycles. The first-order valence-corrected chi connectivity index (χ1v) is 8.87. The fourth-order valence-electron chi connectivity index (χ4n) is 2.11. The molecule has 0 fully saturated rings. The summed E-state index contributed by atoms with van der Waals surface area (Å²) in [5.41, 5.74) is 0. The van der Waals surface area contributed by atoms with Crippen LogP contribution in [-0.4, -0.2) is 3.21 Å². The normalized spacial score (nSPS) is 18.4. The monoisotopic (exact) mass is 264 g/mol. The standard InChI is InChI=1S/2C5H5.C3H6.Zr.2H/c2*1-2-4-5-3-1;1-3-2;;;/h2*1-3H,4H2;1-2H3;;;/q;;;;2*-1. The molecule has 0 aromatic rings. The molecule has 0 spiro atoms. The SMILES string of the molecule is C[C](C)=[Zr]([C]1=CC=CC1)[C]1=CC=CC1.[H-].[H-]. The third-order valence-electron chi connectivity index (χ3n) is 2.68. The topological polar surface area (TPSA) is 0 Å². The summed E-state index contributed by atoms with van der Waals surface area (Å²) in [6.45, 7) is 4.65. The zero-order chi connectivity index (χ0) is 9.97. The zero-order valence-electron chi connectivity index (χ0n) is 10.9. The van der Waals surface area contributed by atoms with Crippen LogP contribution in [-0.2, 0) is 21.3 Å². The smallest absolute Gasteiger partial charge is 1.00 e. The fourth-order valence-corrected chi connectivity index (χ4v) is 9.16. The van der Waals surface area contributed by atoms with Gasteiger partial charge in [0.1, 0.15) is 0 Å². The van der Waals surface area contributed by atoms with Crippen molar-refractivity contribution in [3.05, 3.63) is 43.0 Å². The van der Waals surface area contributed by atoms with E-state index in [4.69, 9.17) is 0 Å². The van der Waals surface area contributed by atoms with Crippen molar-refractivity contribution in [3.63, 3.8) is 0 Å². The molecule has 1 heteroatoms.